The van der Waals surface area contributed by atoms with E-state index in [1.54, 1.807) is 12.1 Å². The molecule has 25 heavy (non-hydrogen) atoms. The topological polar surface area (TPSA) is 89.7 Å². The molecule has 1 heterocycles. The van der Waals surface area contributed by atoms with Crippen molar-refractivity contribution in [3.8, 4) is 6.07 Å². The van der Waals surface area contributed by atoms with Gasteiger partial charge >= 0.3 is 0 Å². The second-order valence-corrected chi connectivity index (χ2v) is 6.13. The predicted molar refractivity (Wildman–Crippen MR) is 109 cm³/mol. The average Bonchev–Trinajstić information content (AvgIpc) is 3.07. The average molecular weight is 458 g/mol. The second kappa shape index (κ2) is 11.3. The SMILES string of the molecule is CCNC(=NCc1ccc(C#N)cc1)NCC1(CCO)CCOC1.I. The van der Waals surface area contributed by atoms with Crippen LogP contribution in [0.2, 0.25) is 0 Å². The van der Waals surface area contributed by atoms with Crippen molar-refractivity contribution in [3.63, 3.8) is 0 Å². The van der Waals surface area contributed by atoms with E-state index in [0.29, 0.717) is 18.7 Å². The van der Waals surface area contributed by atoms with Crippen molar-refractivity contribution >= 4 is 29.9 Å². The van der Waals surface area contributed by atoms with Gasteiger partial charge in [-0.2, -0.15) is 5.26 Å². The molecule has 1 aliphatic heterocycles. The summed E-state index contributed by atoms with van der Waals surface area (Å²) in [5, 5.41) is 24.8. The third-order valence-electron chi connectivity index (χ3n) is 4.30. The van der Waals surface area contributed by atoms with Gasteiger partial charge in [0.1, 0.15) is 0 Å². The molecular formula is C18H27IN4O2. The van der Waals surface area contributed by atoms with Gasteiger partial charge in [0.05, 0.1) is 24.8 Å². The minimum atomic E-state index is -0.0145. The highest BCUT2D eigenvalue weighted by molar-refractivity contribution is 14.0. The third-order valence-corrected chi connectivity index (χ3v) is 4.30. The number of hydrogen-bond donors (Lipinski definition) is 3. The molecule has 2 rings (SSSR count). The number of aliphatic hydroxyl groups excluding tert-OH is 1. The van der Waals surface area contributed by atoms with Crippen LogP contribution in [-0.4, -0.2) is 44.0 Å². The first-order chi connectivity index (χ1) is 11.7. The van der Waals surface area contributed by atoms with Crippen molar-refractivity contribution in [3.05, 3.63) is 35.4 Å². The summed E-state index contributed by atoms with van der Waals surface area (Å²) >= 11 is 0. The molecular weight excluding hydrogens is 431 g/mol. The number of rotatable bonds is 7. The van der Waals surface area contributed by atoms with Crippen LogP contribution in [0.5, 0.6) is 0 Å². The lowest BCUT2D eigenvalue weighted by molar-refractivity contribution is 0.127. The molecule has 0 amide bonds. The van der Waals surface area contributed by atoms with Gasteiger partial charge in [0, 0.05) is 31.7 Å². The summed E-state index contributed by atoms with van der Waals surface area (Å²) < 4.78 is 5.52. The summed E-state index contributed by atoms with van der Waals surface area (Å²) in [5.41, 5.74) is 1.69. The molecule has 6 nitrogen and oxygen atoms in total. The van der Waals surface area contributed by atoms with Gasteiger partial charge in [0.25, 0.3) is 0 Å². The number of aliphatic imine (C=N–C) groups is 1. The first-order valence-electron chi connectivity index (χ1n) is 8.41. The third kappa shape index (κ3) is 6.80. The largest absolute Gasteiger partial charge is 0.396 e. The minimum absolute atomic E-state index is 0. The van der Waals surface area contributed by atoms with Crippen LogP contribution >= 0.6 is 24.0 Å². The lowest BCUT2D eigenvalue weighted by atomic mass is 9.84. The van der Waals surface area contributed by atoms with Gasteiger partial charge in [0.15, 0.2) is 5.96 Å². The number of aliphatic hydroxyl groups is 1. The van der Waals surface area contributed by atoms with Crippen LogP contribution in [0.3, 0.4) is 0 Å². The van der Waals surface area contributed by atoms with Crippen LogP contribution in [0.4, 0.5) is 0 Å². The van der Waals surface area contributed by atoms with Gasteiger partial charge < -0.3 is 20.5 Å². The Morgan fingerprint density at radius 3 is 2.68 bits per heavy atom. The summed E-state index contributed by atoms with van der Waals surface area (Å²) in [7, 11) is 0. The molecule has 3 N–H and O–H groups in total. The summed E-state index contributed by atoms with van der Waals surface area (Å²) in [5.74, 6) is 0.756. The van der Waals surface area contributed by atoms with Crippen LogP contribution in [0.15, 0.2) is 29.3 Å². The van der Waals surface area contributed by atoms with Crippen LogP contribution < -0.4 is 10.6 Å². The number of ether oxygens (including phenoxy) is 1. The van der Waals surface area contributed by atoms with E-state index in [4.69, 9.17) is 10.00 Å². The minimum Gasteiger partial charge on any atom is -0.396 e. The van der Waals surface area contributed by atoms with Gasteiger partial charge in [-0.05, 0) is 37.5 Å². The van der Waals surface area contributed by atoms with Crippen LogP contribution in [0.25, 0.3) is 0 Å². The highest BCUT2D eigenvalue weighted by Gasteiger charge is 2.34. The summed E-state index contributed by atoms with van der Waals surface area (Å²) in [6, 6.07) is 9.56. The molecule has 1 unspecified atom stereocenters. The Morgan fingerprint density at radius 1 is 1.36 bits per heavy atom. The van der Waals surface area contributed by atoms with E-state index in [9.17, 15) is 5.11 Å². The second-order valence-electron chi connectivity index (χ2n) is 6.13. The molecule has 1 aliphatic rings. The fraction of sp³-hybridized carbons (Fsp3) is 0.556. The predicted octanol–water partition coefficient (Wildman–Crippen LogP) is 2.02. The van der Waals surface area contributed by atoms with Crippen molar-refractivity contribution in [2.75, 3.05) is 32.9 Å². The fourth-order valence-corrected chi connectivity index (χ4v) is 2.78. The van der Waals surface area contributed by atoms with E-state index >= 15 is 0 Å². The lowest BCUT2D eigenvalue weighted by Gasteiger charge is -2.27. The Kier molecular flexibility index (Phi) is 9.78. The number of benzene rings is 1. The lowest BCUT2D eigenvalue weighted by Crippen LogP contribution is -2.44. The molecule has 1 aromatic rings. The highest BCUT2D eigenvalue weighted by Crippen LogP contribution is 2.31. The summed E-state index contributed by atoms with van der Waals surface area (Å²) in [4.78, 5) is 4.60. The molecule has 0 radical (unpaired) electrons. The zero-order valence-electron chi connectivity index (χ0n) is 14.6. The van der Waals surface area contributed by atoms with Gasteiger partial charge in [0.2, 0.25) is 0 Å². The van der Waals surface area contributed by atoms with Crippen LogP contribution in [0.1, 0.15) is 30.9 Å². The van der Waals surface area contributed by atoms with Crippen molar-refractivity contribution in [1.82, 2.24) is 10.6 Å². The van der Waals surface area contributed by atoms with E-state index in [1.165, 1.54) is 0 Å². The molecule has 138 valence electrons. The smallest absolute Gasteiger partial charge is 0.191 e. The molecule has 1 saturated heterocycles. The number of nitrogens with zero attached hydrogens (tertiary/aromatic N) is 2. The number of nitriles is 1. The molecule has 0 aromatic heterocycles. The number of halogens is 1. The van der Waals surface area contributed by atoms with Crippen molar-refractivity contribution in [2.45, 2.75) is 26.3 Å². The van der Waals surface area contributed by atoms with Crippen LogP contribution in [0, 0.1) is 16.7 Å². The van der Waals surface area contributed by atoms with Crippen molar-refractivity contribution in [2.24, 2.45) is 10.4 Å². The number of nitrogens with one attached hydrogen (secondary N) is 2. The molecule has 7 heteroatoms. The quantitative estimate of drug-likeness (QED) is 0.331. The van der Waals surface area contributed by atoms with Crippen molar-refractivity contribution in [1.29, 1.82) is 5.26 Å². The Hall–Kier alpha value is -1.37. The maximum Gasteiger partial charge on any atom is 0.191 e. The Balaban J connectivity index is 0.00000312. The van der Waals surface area contributed by atoms with E-state index in [0.717, 1.165) is 44.1 Å². The zero-order chi connectivity index (χ0) is 17.3. The molecule has 0 aliphatic carbocycles. The maximum atomic E-state index is 9.30. The maximum absolute atomic E-state index is 9.30. The zero-order valence-corrected chi connectivity index (χ0v) is 17.0. The molecule has 1 atom stereocenters. The van der Waals surface area contributed by atoms with Gasteiger partial charge in [-0.15, -0.1) is 24.0 Å². The first kappa shape index (κ1) is 21.7. The van der Waals surface area contributed by atoms with E-state index < -0.39 is 0 Å². The Morgan fingerprint density at radius 2 is 2.12 bits per heavy atom. The van der Waals surface area contributed by atoms with Gasteiger partial charge in [-0.25, -0.2) is 4.99 Å². The van der Waals surface area contributed by atoms with Crippen LogP contribution in [-0.2, 0) is 11.3 Å². The van der Waals surface area contributed by atoms with Crippen molar-refractivity contribution < 1.29 is 9.84 Å². The monoisotopic (exact) mass is 458 g/mol. The highest BCUT2D eigenvalue weighted by atomic mass is 127. The first-order valence-corrected chi connectivity index (χ1v) is 8.41. The van der Waals surface area contributed by atoms with E-state index in [1.807, 2.05) is 19.1 Å². The number of hydrogen-bond acceptors (Lipinski definition) is 4. The Bertz CT molecular complexity index is 578. The van der Waals surface area contributed by atoms with Gasteiger partial charge in [-0.1, -0.05) is 12.1 Å². The number of guanidine groups is 1. The van der Waals surface area contributed by atoms with E-state index in [-0.39, 0.29) is 36.0 Å². The molecule has 0 spiro atoms. The Labute approximate surface area is 166 Å². The van der Waals surface area contributed by atoms with E-state index in [2.05, 4.69) is 21.7 Å². The molecule has 0 saturated carbocycles. The summed E-state index contributed by atoms with van der Waals surface area (Å²) in [6.45, 7) is 5.68. The molecule has 1 fully saturated rings. The van der Waals surface area contributed by atoms with Gasteiger partial charge in [-0.3, -0.25) is 0 Å². The molecule has 1 aromatic carbocycles. The standard InChI is InChI=1S/C18H26N4O2.HI/c1-2-20-17(21-12-16-5-3-15(11-19)4-6-16)22-13-18(7-9-23)8-10-24-14-18;/h3-6,23H,2,7-10,12-14H2,1H3,(H2,20,21,22);1H. The fourth-order valence-electron chi connectivity index (χ4n) is 2.78. The molecule has 0 bridgehead atoms. The normalized spacial score (nSPS) is 19.8. The summed E-state index contributed by atoms with van der Waals surface area (Å²) in [6.07, 6.45) is 1.69.